The summed E-state index contributed by atoms with van der Waals surface area (Å²) in [6.07, 6.45) is 3.41. The van der Waals surface area contributed by atoms with Crippen molar-refractivity contribution in [2.45, 2.75) is 17.0 Å². The van der Waals surface area contributed by atoms with Crippen LogP contribution in [0.2, 0.25) is 0 Å². The van der Waals surface area contributed by atoms with Gasteiger partial charge in [0.25, 0.3) is 5.69 Å². The van der Waals surface area contributed by atoms with E-state index in [4.69, 9.17) is 5.73 Å². The van der Waals surface area contributed by atoms with Crippen molar-refractivity contribution in [3.05, 3.63) is 46.3 Å². The summed E-state index contributed by atoms with van der Waals surface area (Å²) in [5.74, 6) is 0. The van der Waals surface area contributed by atoms with E-state index in [2.05, 4.69) is 9.97 Å². The monoisotopic (exact) mass is 262 g/mol. The summed E-state index contributed by atoms with van der Waals surface area (Å²) in [6.45, 7) is 1.90. The predicted octanol–water partition coefficient (Wildman–Crippen LogP) is 2.43. The minimum absolute atomic E-state index is 0.0262. The van der Waals surface area contributed by atoms with Gasteiger partial charge in [-0.3, -0.25) is 10.1 Å². The summed E-state index contributed by atoms with van der Waals surface area (Å²) in [6, 6.07) is 4.34. The second-order valence-corrected chi connectivity index (χ2v) is 4.63. The van der Waals surface area contributed by atoms with Crippen molar-refractivity contribution in [3.63, 3.8) is 0 Å². The Balaban J connectivity index is 2.24. The number of nitrogens with zero attached hydrogens (tertiary/aromatic N) is 3. The van der Waals surface area contributed by atoms with E-state index in [9.17, 15) is 10.1 Å². The van der Waals surface area contributed by atoms with Gasteiger partial charge in [0.2, 0.25) is 0 Å². The zero-order valence-corrected chi connectivity index (χ0v) is 10.3. The molecule has 6 nitrogen and oxygen atoms in total. The molecule has 0 aliphatic heterocycles. The molecule has 1 aromatic heterocycles. The number of nitrogens with two attached hydrogens (primary N) is 1. The Kier molecular flexibility index (Phi) is 3.42. The van der Waals surface area contributed by atoms with Crippen LogP contribution >= 0.6 is 11.8 Å². The summed E-state index contributed by atoms with van der Waals surface area (Å²) < 4.78 is 0. The summed E-state index contributed by atoms with van der Waals surface area (Å²) in [5, 5.41) is 11.1. The molecule has 0 spiro atoms. The van der Waals surface area contributed by atoms with Gasteiger partial charge in [0.15, 0.2) is 5.16 Å². The first-order valence-electron chi connectivity index (χ1n) is 5.06. The van der Waals surface area contributed by atoms with Crippen LogP contribution in [-0.4, -0.2) is 14.9 Å². The van der Waals surface area contributed by atoms with Gasteiger partial charge in [0.05, 0.1) is 10.6 Å². The van der Waals surface area contributed by atoms with E-state index in [0.29, 0.717) is 15.7 Å². The topological polar surface area (TPSA) is 94.9 Å². The summed E-state index contributed by atoms with van der Waals surface area (Å²) in [7, 11) is 0. The lowest BCUT2D eigenvalue weighted by molar-refractivity contribution is -0.384. The van der Waals surface area contributed by atoms with Crippen LogP contribution < -0.4 is 5.73 Å². The van der Waals surface area contributed by atoms with Crippen LogP contribution in [0.1, 0.15) is 5.56 Å². The van der Waals surface area contributed by atoms with E-state index in [1.807, 2.05) is 6.92 Å². The molecule has 7 heteroatoms. The summed E-state index contributed by atoms with van der Waals surface area (Å²) >= 11 is 1.27. The number of aryl methyl sites for hydroxylation is 1. The van der Waals surface area contributed by atoms with Crippen molar-refractivity contribution in [2.75, 3.05) is 5.73 Å². The molecule has 0 atom stereocenters. The van der Waals surface area contributed by atoms with Gasteiger partial charge in [0, 0.05) is 29.4 Å². The van der Waals surface area contributed by atoms with Gasteiger partial charge in [-0.15, -0.1) is 0 Å². The molecular weight excluding hydrogens is 252 g/mol. The van der Waals surface area contributed by atoms with E-state index >= 15 is 0 Å². The molecule has 92 valence electrons. The molecule has 0 saturated carbocycles. The molecule has 2 aromatic rings. The van der Waals surface area contributed by atoms with E-state index < -0.39 is 4.92 Å². The molecule has 1 heterocycles. The van der Waals surface area contributed by atoms with Crippen molar-refractivity contribution >= 4 is 23.1 Å². The number of aromatic nitrogens is 2. The SMILES string of the molecule is Cc1cnc(Sc2ccc([N+](=O)[O-])cc2N)nc1. The molecule has 1 aromatic carbocycles. The number of hydrogen-bond acceptors (Lipinski definition) is 6. The zero-order valence-electron chi connectivity index (χ0n) is 9.53. The number of benzene rings is 1. The van der Waals surface area contributed by atoms with Crippen LogP contribution in [-0.2, 0) is 0 Å². The first-order chi connectivity index (χ1) is 8.56. The largest absolute Gasteiger partial charge is 0.398 e. The van der Waals surface area contributed by atoms with Gasteiger partial charge in [-0.2, -0.15) is 0 Å². The van der Waals surface area contributed by atoms with Gasteiger partial charge in [-0.1, -0.05) is 0 Å². The minimum atomic E-state index is -0.479. The third-order valence-corrected chi connectivity index (χ3v) is 3.15. The highest BCUT2D eigenvalue weighted by molar-refractivity contribution is 7.99. The molecule has 0 aliphatic carbocycles. The van der Waals surface area contributed by atoms with Gasteiger partial charge >= 0.3 is 0 Å². The lowest BCUT2D eigenvalue weighted by Gasteiger charge is -2.03. The fourth-order valence-electron chi connectivity index (χ4n) is 1.27. The van der Waals surface area contributed by atoms with Gasteiger partial charge in [-0.25, -0.2) is 9.97 Å². The standard InChI is InChI=1S/C11H10N4O2S/c1-7-5-13-11(14-6-7)18-10-3-2-8(15(16)17)4-9(10)12/h2-6H,12H2,1H3. The number of rotatable bonds is 3. The molecule has 0 radical (unpaired) electrons. The number of nitro groups is 1. The molecule has 2 rings (SSSR count). The first kappa shape index (κ1) is 12.3. The molecular formula is C11H10N4O2S. The summed E-state index contributed by atoms with van der Waals surface area (Å²) in [4.78, 5) is 19.1. The van der Waals surface area contributed by atoms with Crippen molar-refractivity contribution < 1.29 is 4.92 Å². The van der Waals surface area contributed by atoms with Crippen LogP contribution in [0.4, 0.5) is 11.4 Å². The number of anilines is 1. The number of hydrogen-bond donors (Lipinski definition) is 1. The van der Waals surface area contributed by atoms with E-state index in [-0.39, 0.29) is 5.69 Å². The zero-order chi connectivity index (χ0) is 13.1. The second-order valence-electron chi connectivity index (χ2n) is 3.62. The fourth-order valence-corrected chi connectivity index (χ4v) is 1.99. The van der Waals surface area contributed by atoms with E-state index in [1.165, 1.54) is 23.9 Å². The third-order valence-electron chi connectivity index (χ3n) is 2.16. The van der Waals surface area contributed by atoms with Crippen LogP contribution in [0.15, 0.2) is 40.6 Å². The molecule has 18 heavy (non-hydrogen) atoms. The molecule has 0 aliphatic rings. The number of non-ortho nitro benzene ring substituents is 1. The highest BCUT2D eigenvalue weighted by Gasteiger charge is 2.10. The molecule has 0 unspecified atom stereocenters. The van der Waals surface area contributed by atoms with Crippen LogP contribution in [0.3, 0.4) is 0 Å². The highest BCUT2D eigenvalue weighted by atomic mass is 32.2. The Morgan fingerprint density at radius 1 is 1.33 bits per heavy atom. The lowest BCUT2D eigenvalue weighted by atomic mass is 10.3. The van der Waals surface area contributed by atoms with E-state index in [0.717, 1.165) is 5.56 Å². The Morgan fingerprint density at radius 3 is 2.56 bits per heavy atom. The Labute approximate surface area is 107 Å². The maximum atomic E-state index is 10.6. The normalized spacial score (nSPS) is 10.3. The maximum absolute atomic E-state index is 10.6. The van der Waals surface area contributed by atoms with Crippen LogP contribution in [0.25, 0.3) is 0 Å². The fraction of sp³-hybridized carbons (Fsp3) is 0.0909. The average Bonchev–Trinajstić information content (AvgIpc) is 2.34. The van der Waals surface area contributed by atoms with Gasteiger partial charge in [0.1, 0.15) is 0 Å². The molecule has 0 fully saturated rings. The van der Waals surface area contributed by atoms with Gasteiger partial charge in [-0.05, 0) is 30.3 Å². The highest BCUT2D eigenvalue weighted by Crippen LogP contribution is 2.31. The molecule has 0 saturated heterocycles. The molecule has 0 amide bonds. The predicted molar refractivity (Wildman–Crippen MR) is 68.4 cm³/mol. The minimum Gasteiger partial charge on any atom is -0.398 e. The molecule has 2 N–H and O–H groups in total. The number of nitro benzene ring substituents is 1. The number of nitrogen functional groups attached to an aromatic ring is 1. The Bertz CT molecular complexity index is 586. The maximum Gasteiger partial charge on any atom is 0.271 e. The quantitative estimate of drug-likeness (QED) is 0.395. The smallest absolute Gasteiger partial charge is 0.271 e. The third kappa shape index (κ3) is 2.75. The summed E-state index contributed by atoms with van der Waals surface area (Å²) in [5.41, 5.74) is 7.04. The van der Waals surface area contributed by atoms with Crippen molar-refractivity contribution in [3.8, 4) is 0 Å². The van der Waals surface area contributed by atoms with Crippen molar-refractivity contribution in [1.29, 1.82) is 0 Å². The lowest BCUT2D eigenvalue weighted by Crippen LogP contribution is -1.94. The average molecular weight is 262 g/mol. The van der Waals surface area contributed by atoms with Crippen molar-refractivity contribution in [1.82, 2.24) is 9.97 Å². The van der Waals surface area contributed by atoms with E-state index in [1.54, 1.807) is 18.5 Å². The second kappa shape index (κ2) is 5.01. The van der Waals surface area contributed by atoms with Crippen LogP contribution in [0, 0.1) is 17.0 Å². The Hall–Kier alpha value is -2.15. The molecule has 0 bridgehead atoms. The van der Waals surface area contributed by atoms with Crippen molar-refractivity contribution in [2.24, 2.45) is 0 Å². The Morgan fingerprint density at radius 2 is 2.00 bits per heavy atom. The first-order valence-corrected chi connectivity index (χ1v) is 5.88. The van der Waals surface area contributed by atoms with Crippen LogP contribution in [0.5, 0.6) is 0 Å². The van der Waals surface area contributed by atoms with Gasteiger partial charge < -0.3 is 5.73 Å².